The van der Waals surface area contributed by atoms with Gasteiger partial charge >= 0.3 is 0 Å². The third-order valence-electron chi connectivity index (χ3n) is 3.78. The van der Waals surface area contributed by atoms with Crippen LogP contribution in [0.3, 0.4) is 0 Å². The Morgan fingerprint density at radius 3 is 2.91 bits per heavy atom. The standard InChI is InChI=1S/C14H22N6O2S/c1-10(2)3-4-12-15-13(22-17-12)9-23-14-16-18-19-20(14)11-5-7-21-8-6-11/h10-11H,3-9H2,1-2H3. The van der Waals surface area contributed by atoms with Crippen molar-refractivity contribution in [2.24, 2.45) is 5.92 Å². The molecule has 0 atom stereocenters. The minimum absolute atomic E-state index is 0.311. The highest BCUT2D eigenvalue weighted by Crippen LogP contribution is 2.26. The molecule has 0 amide bonds. The Morgan fingerprint density at radius 1 is 1.30 bits per heavy atom. The van der Waals surface area contributed by atoms with Crippen LogP contribution in [0.2, 0.25) is 0 Å². The van der Waals surface area contributed by atoms with Crippen LogP contribution in [0.4, 0.5) is 0 Å². The molecule has 0 radical (unpaired) electrons. The third kappa shape index (κ3) is 4.51. The van der Waals surface area contributed by atoms with Crippen LogP contribution in [-0.2, 0) is 16.9 Å². The molecule has 2 aromatic rings. The zero-order chi connectivity index (χ0) is 16.1. The molecular formula is C14H22N6O2S. The molecule has 0 spiro atoms. The fourth-order valence-corrected chi connectivity index (χ4v) is 3.22. The number of ether oxygens (including phenoxy) is 1. The molecule has 126 valence electrons. The van der Waals surface area contributed by atoms with Gasteiger partial charge in [0.1, 0.15) is 0 Å². The van der Waals surface area contributed by atoms with Gasteiger partial charge in [-0.25, -0.2) is 4.68 Å². The summed E-state index contributed by atoms with van der Waals surface area (Å²) in [4.78, 5) is 4.43. The summed E-state index contributed by atoms with van der Waals surface area (Å²) in [6, 6.07) is 0.311. The number of tetrazole rings is 1. The van der Waals surface area contributed by atoms with Crippen molar-refractivity contribution in [3.05, 3.63) is 11.7 Å². The van der Waals surface area contributed by atoms with Crippen molar-refractivity contribution in [1.29, 1.82) is 0 Å². The van der Waals surface area contributed by atoms with Gasteiger partial charge in [0.2, 0.25) is 11.0 Å². The maximum atomic E-state index is 5.39. The van der Waals surface area contributed by atoms with E-state index in [0.717, 1.165) is 49.9 Å². The number of thioether (sulfide) groups is 1. The monoisotopic (exact) mass is 338 g/mol. The Morgan fingerprint density at radius 2 is 2.13 bits per heavy atom. The minimum atomic E-state index is 0.311. The summed E-state index contributed by atoms with van der Waals surface area (Å²) in [7, 11) is 0. The van der Waals surface area contributed by atoms with Gasteiger partial charge < -0.3 is 9.26 Å². The average Bonchev–Trinajstić information content (AvgIpc) is 3.21. The largest absolute Gasteiger partial charge is 0.381 e. The van der Waals surface area contributed by atoms with Gasteiger partial charge in [-0.1, -0.05) is 30.8 Å². The van der Waals surface area contributed by atoms with Crippen molar-refractivity contribution in [1.82, 2.24) is 30.3 Å². The average molecular weight is 338 g/mol. The first kappa shape index (κ1) is 16.4. The molecule has 9 heteroatoms. The van der Waals surface area contributed by atoms with Crippen molar-refractivity contribution < 1.29 is 9.26 Å². The second-order valence-electron chi connectivity index (χ2n) is 6.08. The second-order valence-corrected chi connectivity index (χ2v) is 7.02. The summed E-state index contributed by atoms with van der Waals surface area (Å²) in [6.45, 7) is 5.90. The molecule has 2 aromatic heterocycles. The Labute approximate surface area is 139 Å². The van der Waals surface area contributed by atoms with E-state index in [1.807, 2.05) is 4.68 Å². The molecule has 0 bridgehead atoms. The van der Waals surface area contributed by atoms with Gasteiger partial charge in [0.05, 0.1) is 11.8 Å². The predicted molar refractivity (Wildman–Crippen MR) is 83.9 cm³/mol. The van der Waals surface area contributed by atoms with Crippen LogP contribution in [0.5, 0.6) is 0 Å². The van der Waals surface area contributed by atoms with E-state index >= 15 is 0 Å². The molecule has 0 unspecified atom stereocenters. The molecule has 0 aliphatic carbocycles. The van der Waals surface area contributed by atoms with Gasteiger partial charge in [0.25, 0.3) is 0 Å². The third-order valence-corrected chi connectivity index (χ3v) is 4.70. The van der Waals surface area contributed by atoms with Crippen LogP contribution >= 0.6 is 11.8 Å². The molecular weight excluding hydrogens is 316 g/mol. The van der Waals surface area contributed by atoms with Crippen LogP contribution < -0.4 is 0 Å². The molecule has 3 heterocycles. The molecule has 1 aliphatic heterocycles. The molecule has 0 aromatic carbocycles. The summed E-state index contributed by atoms with van der Waals surface area (Å²) in [5.41, 5.74) is 0. The van der Waals surface area contributed by atoms with E-state index < -0.39 is 0 Å². The van der Waals surface area contributed by atoms with E-state index in [1.54, 1.807) is 0 Å². The van der Waals surface area contributed by atoms with Crippen molar-refractivity contribution in [3.8, 4) is 0 Å². The van der Waals surface area contributed by atoms with E-state index in [1.165, 1.54) is 11.8 Å². The summed E-state index contributed by atoms with van der Waals surface area (Å²) in [5.74, 6) is 2.61. The Kier molecular flexibility index (Phi) is 5.60. The van der Waals surface area contributed by atoms with E-state index in [9.17, 15) is 0 Å². The van der Waals surface area contributed by atoms with Crippen LogP contribution in [0, 0.1) is 5.92 Å². The first-order valence-electron chi connectivity index (χ1n) is 8.02. The van der Waals surface area contributed by atoms with Crippen LogP contribution in [0.15, 0.2) is 9.68 Å². The summed E-state index contributed by atoms with van der Waals surface area (Å²) in [5, 5.41) is 16.8. The number of hydrogen-bond donors (Lipinski definition) is 0. The summed E-state index contributed by atoms with van der Waals surface area (Å²) < 4.78 is 12.6. The molecule has 23 heavy (non-hydrogen) atoms. The Balaban J connectivity index is 1.55. The summed E-state index contributed by atoms with van der Waals surface area (Å²) >= 11 is 1.53. The lowest BCUT2D eigenvalue weighted by molar-refractivity contribution is 0.0631. The highest BCUT2D eigenvalue weighted by molar-refractivity contribution is 7.98. The van der Waals surface area contributed by atoms with Crippen LogP contribution in [-0.4, -0.2) is 43.6 Å². The predicted octanol–water partition coefficient (Wildman–Crippen LogP) is 2.29. The zero-order valence-corrected chi connectivity index (χ0v) is 14.3. The van der Waals surface area contributed by atoms with Gasteiger partial charge in [0.15, 0.2) is 5.82 Å². The van der Waals surface area contributed by atoms with E-state index in [2.05, 4.69) is 39.5 Å². The number of aryl methyl sites for hydroxylation is 1. The fraction of sp³-hybridized carbons (Fsp3) is 0.786. The SMILES string of the molecule is CC(C)CCc1noc(CSc2nnnn2C2CCOCC2)n1. The molecule has 1 fully saturated rings. The van der Waals surface area contributed by atoms with Crippen molar-refractivity contribution in [3.63, 3.8) is 0 Å². The number of aromatic nitrogens is 6. The van der Waals surface area contributed by atoms with Crippen molar-refractivity contribution in [2.45, 2.75) is 56.5 Å². The Hall–Kier alpha value is -1.48. The molecule has 0 N–H and O–H groups in total. The number of rotatable bonds is 7. The molecule has 3 rings (SSSR count). The smallest absolute Gasteiger partial charge is 0.237 e. The minimum Gasteiger partial charge on any atom is -0.381 e. The van der Waals surface area contributed by atoms with Crippen molar-refractivity contribution >= 4 is 11.8 Å². The number of hydrogen-bond acceptors (Lipinski definition) is 8. The highest BCUT2D eigenvalue weighted by atomic mass is 32.2. The van der Waals surface area contributed by atoms with Crippen LogP contribution in [0.1, 0.15) is 50.9 Å². The fourth-order valence-electron chi connectivity index (χ4n) is 2.43. The molecule has 8 nitrogen and oxygen atoms in total. The molecule has 0 saturated carbocycles. The van der Waals surface area contributed by atoms with Crippen LogP contribution in [0.25, 0.3) is 0 Å². The van der Waals surface area contributed by atoms with Gasteiger partial charge in [0, 0.05) is 19.6 Å². The van der Waals surface area contributed by atoms with E-state index in [4.69, 9.17) is 9.26 Å². The maximum absolute atomic E-state index is 5.39. The lowest BCUT2D eigenvalue weighted by Crippen LogP contribution is -2.21. The lowest BCUT2D eigenvalue weighted by Gasteiger charge is -2.22. The zero-order valence-electron chi connectivity index (χ0n) is 13.5. The van der Waals surface area contributed by atoms with Crippen molar-refractivity contribution in [2.75, 3.05) is 13.2 Å². The topological polar surface area (TPSA) is 91.8 Å². The Bertz CT molecular complexity index is 608. The summed E-state index contributed by atoms with van der Waals surface area (Å²) in [6.07, 6.45) is 3.80. The van der Waals surface area contributed by atoms with E-state index in [0.29, 0.717) is 23.6 Å². The number of nitrogens with zero attached hydrogens (tertiary/aromatic N) is 6. The molecule has 1 saturated heterocycles. The maximum Gasteiger partial charge on any atom is 0.237 e. The normalized spacial score (nSPS) is 16.3. The van der Waals surface area contributed by atoms with Gasteiger partial charge in [-0.05, 0) is 35.6 Å². The quantitative estimate of drug-likeness (QED) is 0.710. The first-order valence-corrected chi connectivity index (χ1v) is 9.01. The molecule has 1 aliphatic rings. The lowest BCUT2D eigenvalue weighted by atomic mass is 10.1. The van der Waals surface area contributed by atoms with E-state index in [-0.39, 0.29) is 0 Å². The van der Waals surface area contributed by atoms with Gasteiger partial charge in [-0.15, -0.1) is 5.10 Å². The second kappa shape index (κ2) is 7.87. The highest BCUT2D eigenvalue weighted by Gasteiger charge is 2.21. The van der Waals surface area contributed by atoms with Gasteiger partial charge in [-0.3, -0.25) is 0 Å². The van der Waals surface area contributed by atoms with Gasteiger partial charge in [-0.2, -0.15) is 4.98 Å². The first-order chi connectivity index (χ1) is 11.2.